The van der Waals surface area contributed by atoms with Crippen molar-refractivity contribution >= 4 is 15.9 Å². The van der Waals surface area contributed by atoms with Crippen LogP contribution < -0.4 is 10.0 Å². The molecule has 0 fully saturated rings. The summed E-state index contributed by atoms with van der Waals surface area (Å²) in [7, 11) is -3.71. The van der Waals surface area contributed by atoms with Crippen molar-refractivity contribution in [1.82, 2.24) is 10.0 Å². The molecule has 0 heterocycles. The van der Waals surface area contributed by atoms with Gasteiger partial charge in [-0.3, -0.25) is 4.79 Å². The maximum absolute atomic E-state index is 12.8. The Morgan fingerprint density at radius 1 is 1.04 bits per heavy atom. The molecule has 0 aliphatic heterocycles. The summed E-state index contributed by atoms with van der Waals surface area (Å²) < 4.78 is 39.8. The van der Waals surface area contributed by atoms with Crippen LogP contribution in [0.3, 0.4) is 0 Å². The van der Waals surface area contributed by atoms with E-state index in [0.717, 1.165) is 0 Å². The number of carbonyl (C=O) groups excluding carboxylic acids is 1. The van der Waals surface area contributed by atoms with E-state index in [1.807, 2.05) is 13.8 Å². The third-order valence-corrected chi connectivity index (χ3v) is 4.64. The van der Waals surface area contributed by atoms with Crippen LogP contribution in [0, 0.1) is 5.82 Å². The van der Waals surface area contributed by atoms with E-state index < -0.39 is 10.0 Å². The average molecular weight is 350 g/mol. The Morgan fingerprint density at radius 3 is 2.17 bits per heavy atom. The predicted octanol–water partition coefficient (Wildman–Crippen LogP) is 2.44. The SMILES string of the molecule is CC(C)NC(=O)c1ccc(S(=O)(=O)NCc2ccc(F)cc2)cc1. The van der Waals surface area contributed by atoms with Gasteiger partial charge < -0.3 is 5.32 Å². The van der Waals surface area contributed by atoms with Gasteiger partial charge in [-0.25, -0.2) is 17.5 Å². The summed E-state index contributed by atoms with van der Waals surface area (Å²) in [6.45, 7) is 3.74. The van der Waals surface area contributed by atoms with Crippen molar-refractivity contribution in [2.24, 2.45) is 0 Å². The molecule has 2 aromatic rings. The van der Waals surface area contributed by atoms with Crippen LogP contribution >= 0.6 is 0 Å². The van der Waals surface area contributed by atoms with Gasteiger partial charge in [0.25, 0.3) is 5.91 Å². The molecule has 0 atom stereocenters. The Hall–Kier alpha value is -2.25. The summed E-state index contributed by atoms with van der Waals surface area (Å²) in [6.07, 6.45) is 0. The maximum Gasteiger partial charge on any atom is 0.251 e. The van der Waals surface area contributed by atoms with Crippen LogP contribution in [0.15, 0.2) is 53.4 Å². The van der Waals surface area contributed by atoms with Gasteiger partial charge in [-0.05, 0) is 55.8 Å². The van der Waals surface area contributed by atoms with Gasteiger partial charge >= 0.3 is 0 Å². The molecule has 0 bridgehead atoms. The van der Waals surface area contributed by atoms with E-state index in [1.54, 1.807) is 0 Å². The highest BCUT2D eigenvalue weighted by molar-refractivity contribution is 7.89. The minimum absolute atomic E-state index is 0.00159. The molecular weight excluding hydrogens is 331 g/mol. The van der Waals surface area contributed by atoms with Crippen molar-refractivity contribution in [3.8, 4) is 0 Å². The average Bonchev–Trinajstić information content (AvgIpc) is 2.54. The van der Waals surface area contributed by atoms with Gasteiger partial charge in [0, 0.05) is 18.2 Å². The zero-order valence-electron chi connectivity index (χ0n) is 13.4. The number of hydrogen-bond acceptors (Lipinski definition) is 3. The number of halogens is 1. The zero-order chi connectivity index (χ0) is 17.7. The third-order valence-electron chi connectivity index (χ3n) is 3.23. The summed E-state index contributed by atoms with van der Waals surface area (Å²) in [5.74, 6) is -0.634. The van der Waals surface area contributed by atoms with Gasteiger partial charge in [-0.2, -0.15) is 0 Å². The fraction of sp³-hybridized carbons (Fsp3) is 0.235. The molecule has 0 saturated heterocycles. The van der Waals surface area contributed by atoms with Gasteiger partial charge in [-0.15, -0.1) is 0 Å². The topological polar surface area (TPSA) is 75.3 Å². The van der Waals surface area contributed by atoms with Crippen LogP contribution in [0.2, 0.25) is 0 Å². The fourth-order valence-electron chi connectivity index (χ4n) is 1.99. The lowest BCUT2D eigenvalue weighted by Gasteiger charge is -2.10. The van der Waals surface area contributed by atoms with Crippen molar-refractivity contribution in [2.75, 3.05) is 0 Å². The molecule has 2 aromatic carbocycles. The molecular formula is C17H19FN2O3S. The lowest BCUT2D eigenvalue weighted by atomic mass is 10.2. The van der Waals surface area contributed by atoms with E-state index in [4.69, 9.17) is 0 Å². The molecule has 0 unspecified atom stereocenters. The van der Waals surface area contributed by atoms with E-state index in [-0.39, 0.29) is 29.2 Å². The van der Waals surface area contributed by atoms with Crippen molar-refractivity contribution in [3.63, 3.8) is 0 Å². The molecule has 0 radical (unpaired) electrons. The standard InChI is InChI=1S/C17H19FN2O3S/c1-12(2)20-17(21)14-5-9-16(10-6-14)24(22,23)19-11-13-3-7-15(18)8-4-13/h3-10,12,19H,11H2,1-2H3,(H,20,21). The van der Waals surface area contributed by atoms with Gasteiger partial charge in [0.1, 0.15) is 5.82 Å². The number of hydrogen-bond donors (Lipinski definition) is 2. The highest BCUT2D eigenvalue weighted by Crippen LogP contribution is 2.12. The first kappa shape index (κ1) is 18.1. The number of nitrogens with one attached hydrogen (secondary N) is 2. The number of rotatable bonds is 6. The minimum atomic E-state index is -3.71. The quantitative estimate of drug-likeness (QED) is 0.840. The zero-order valence-corrected chi connectivity index (χ0v) is 14.2. The van der Waals surface area contributed by atoms with Crippen LogP contribution in [0.5, 0.6) is 0 Å². The van der Waals surface area contributed by atoms with E-state index >= 15 is 0 Å². The van der Waals surface area contributed by atoms with Crippen LogP contribution in [0.1, 0.15) is 29.8 Å². The molecule has 5 nitrogen and oxygen atoms in total. The first-order valence-electron chi connectivity index (χ1n) is 7.43. The van der Waals surface area contributed by atoms with Crippen LogP contribution in [0.25, 0.3) is 0 Å². The van der Waals surface area contributed by atoms with Crippen molar-refractivity contribution in [2.45, 2.75) is 31.3 Å². The Morgan fingerprint density at radius 2 is 1.62 bits per heavy atom. The molecule has 2 N–H and O–H groups in total. The van der Waals surface area contributed by atoms with Crippen LogP contribution in [0.4, 0.5) is 4.39 Å². The molecule has 1 amide bonds. The van der Waals surface area contributed by atoms with Crippen molar-refractivity contribution < 1.29 is 17.6 Å². The molecule has 0 aliphatic carbocycles. The molecule has 2 rings (SSSR count). The van der Waals surface area contributed by atoms with Crippen molar-refractivity contribution in [1.29, 1.82) is 0 Å². The molecule has 0 aliphatic rings. The van der Waals surface area contributed by atoms with E-state index in [1.165, 1.54) is 48.5 Å². The molecule has 128 valence electrons. The first-order valence-corrected chi connectivity index (χ1v) is 8.91. The van der Waals surface area contributed by atoms with Gasteiger partial charge in [0.05, 0.1) is 4.90 Å². The van der Waals surface area contributed by atoms with Gasteiger partial charge in [-0.1, -0.05) is 12.1 Å². The lowest BCUT2D eigenvalue weighted by molar-refractivity contribution is 0.0943. The summed E-state index contributed by atoms with van der Waals surface area (Å²) in [5, 5.41) is 2.73. The van der Waals surface area contributed by atoms with Crippen molar-refractivity contribution in [3.05, 3.63) is 65.5 Å². The summed E-state index contributed by atoms with van der Waals surface area (Å²) in [4.78, 5) is 11.9. The Balaban J connectivity index is 2.06. The second-order valence-corrected chi connectivity index (χ2v) is 7.37. The second kappa shape index (κ2) is 7.55. The largest absolute Gasteiger partial charge is 0.350 e. The van der Waals surface area contributed by atoms with E-state index in [0.29, 0.717) is 11.1 Å². The minimum Gasteiger partial charge on any atom is -0.350 e. The first-order chi connectivity index (χ1) is 11.3. The van der Waals surface area contributed by atoms with E-state index in [9.17, 15) is 17.6 Å². The van der Waals surface area contributed by atoms with Crippen LogP contribution in [-0.4, -0.2) is 20.4 Å². The molecule has 24 heavy (non-hydrogen) atoms. The number of benzene rings is 2. The van der Waals surface area contributed by atoms with E-state index in [2.05, 4.69) is 10.0 Å². The number of carbonyl (C=O) groups is 1. The predicted molar refractivity (Wildman–Crippen MR) is 89.5 cm³/mol. The maximum atomic E-state index is 12.8. The summed E-state index contributed by atoms with van der Waals surface area (Å²) in [6, 6.07) is 11.2. The highest BCUT2D eigenvalue weighted by atomic mass is 32.2. The Labute approximate surface area is 141 Å². The Bertz CT molecular complexity index is 801. The van der Waals surface area contributed by atoms with Gasteiger partial charge in [0.2, 0.25) is 10.0 Å². The van der Waals surface area contributed by atoms with Gasteiger partial charge in [0.15, 0.2) is 0 Å². The monoisotopic (exact) mass is 350 g/mol. The molecule has 0 spiro atoms. The highest BCUT2D eigenvalue weighted by Gasteiger charge is 2.15. The number of amides is 1. The fourth-order valence-corrected chi connectivity index (χ4v) is 3.01. The molecule has 0 saturated carbocycles. The Kier molecular flexibility index (Phi) is 5.69. The van der Waals surface area contributed by atoms with Crippen LogP contribution in [-0.2, 0) is 16.6 Å². The normalized spacial score (nSPS) is 11.5. The summed E-state index contributed by atoms with van der Waals surface area (Å²) in [5.41, 5.74) is 1.04. The third kappa shape index (κ3) is 4.87. The smallest absolute Gasteiger partial charge is 0.251 e. The number of sulfonamides is 1. The molecule has 0 aromatic heterocycles. The lowest BCUT2D eigenvalue weighted by Crippen LogP contribution is -2.30. The molecule has 7 heteroatoms. The second-order valence-electron chi connectivity index (χ2n) is 5.60. The summed E-state index contributed by atoms with van der Waals surface area (Å²) >= 11 is 0.